The molecule has 1 aliphatic rings. The van der Waals surface area contributed by atoms with Crippen molar-refractivity contribution in [1.29, 1.82) is 0 Å². The van der Waals surface area contributed by atoms with E-state index in [0.717, 1.165) is 34.3 Å². The van der Waals surface area contributed by atoms with E-state index in [0.29, 0.717) is 5.56 Å². The molecule has 0 fully saturated rings. The van der Waals surface area contributed by atoms with Gasteiger partial charge in [-0.25, -0.2) is 4.99 Å². The summed E-state index contributed by atoms with van der Waals surface area (Å²) >= 11 is 4.30. The van der Waals surface area contributed by atoms with Gasteiger partial charge in [-0.2, -0.15) is 13.2 Å². The first-order chi connectivity index (χ1) is 9.69. The SMILES string of the molecule is CSC1=NC(c2ccc(Br)cc2)=CC(O)(C(F)(F)F)N1C. The van der Waals surface area contributed by atoms with Crippen molar-refractivity contribution in [2.75, 3.05) is 13.3 Å². The van der Waals surface area contributed by atoms with Crippen LogP contribution >= 0.6 is 27.7 Å². The van der Waals surface area contributed by atoms with Gasteiger partial charge in [-0.1, -0.05) is 39.8 Å². The summed E-state index contributed by atoms with van der Waals surface area (Å²) in [7, 11) is 1.16. The summed E-state index contributed by atoms with van der Waals surface area (Å²) in [6, 6.07) is 6.68. The molecule has 3 nitrogen and oxygen atoms in total. The largest absolute Gasteiger partial charge is 0.440 e. The van der Waals surface area contributed by atoms with Crippen molar-refractivity contribution in [3.63, 3.8) is 0 Å². The Bertz CT molecular complexity index is 600. The molecule has 114 valence electrons. The highest BCUT2D eigenvalue weighted by Crippen LogP contribution is 2.40. The van der Waals surface area contributed by atoms with Gasteiger partial charge in [0.1, 0.15) is 0 Å². The predicted octanol–water partition coefficient (Wildman–Crippen LogP) is 3.71. The molecule has 8 heteroatoms. The molecule has 0 amide bonds. The van der Waals surface area contributed by atoms with Crippen LogP contribution in [0, 0.1) is 0 Å². The minimum absolute atomic E-state index is 0.0878. The number of aliphatic hydroxyl groups is 1. The number of amidine groups is 1. The zero-order chi connectivity index (χ0) is 15.8. The van der Waals surface area contributed by atoms with Crippen LogP contribution in [0.15, 0.2) is 39.8 Å². The summed E-state index contributed by atoms with van der Waals surface area (Å²) in [6.45, 7) is 0. The van der Waals surface area contributed by atoms with Crippen LogP contribution in [0.3, 0.4) is 0 Å². The maximum Gasteiger partial charge on any atom is 0.440 e. The molecule has 0 saturated heterocycles. The Kier molecular flexibility index (Phi) is 4.41. The van der Waals surface area contributed by atoms with Gasteiger partial charge in [-0.15, -0.1) is 0 Å². The minimum atomic E-state index is -4.83. The van der Waals surface area contributed by atoms with Crippen LogP contribution < -0.4 is 0 Å². The number of rotatable bonds is 1. The number of alkyl halides is 3. The first-order valence-corrected chi connectivity index (χ1v) is 7.85. The first-order valence-electron chi connectivity index (χ1n) is 5.83. The second kappa shape index (κ2) is 5.66. The smallest absolute Gasteiger partial charge is 0.360 e. The molecule has 1 N–H and O–H groups in total. The monoisotopic (exact) mass is 380 g/mol. The highest BCUT2D eigenvalue weighted by atomic mass is 79.9. The Morgan fingerprint density at radius 2 is 1.86 bits per heavy atom. The molecule has 0 spiro atoms. The third-order valence-electron chi connectivity index (χ3n) is 3.09. The van der Waals surface area contributed by atoms with Crippen molar-refractivity contribution in [1.82, 2.24) is 4.90 Å². The molecule has 0 aromatic heterocycles. The van der Waals surface area contributed by atoms with E-state index in [9.17, 15) is 18.3 Å². The maximum atomic E-state index is 13.2. The zero-order valence-corrected chi connectivity index (χ0v) is 13.6. The van der Waals surface area contributed by atoms with Gasteiger partial charge < -0.3 is 10.0 Å². The second-order valence-corrected chi connectivity index (χ2v) is 6.11. The Labute approximate surface area is 132 Å². The number of nitrogens with zero attached hydrogens (tertiary/aromatic N) is 2. The lowest BCUT2D eigenvalue weighted by Crippen LogP contribution is -2.58. The molecule has 21 heavy (non-hydrogen) atoms. The Balaban J connectivity index is 2.56. The van der Waals surface area contributed by atoms with E-state index in [1.54, 1.807) is 30.5 Å². The highest BCUT2D eigenvalue weighted by Gasteiger charge is 2.57. The van der Waals surface area contributed by atoms with Crippen LogP contribution in [0.2, 0.25) is 0 Å². The van der Waals surface area contributed by atoms with Gasteiger partial charge in [-0.3, -0.25) is 0 Å². The van der Waals surface area contributed by atoms with Crippen LogP contribution in [-0.4, -0.2) is 40.4 Å². The summed E-state index contributed by atoms with van der Waals surface area (Å²) in [5.74, 6) is 0. The third-order valence-corrected chi connectivity index (χ3v) is 4.35. The van der Waals surface area contributed by atoms with Crippen molar-refractivity contribution >= 4 is 38.6 Å². The van der Waals surface area contributed by atoms with Gasteiger partial charge in [0.25, 0.3) is 5.72 Å². The number of thioether (sulfide) groups is 1. The van der Waals surface area contributed by atoms with Gasteiger partial charge in [0.2, 0.25) is 0 Å². The van der Waals surface area contributed by atoms with Gasteiger partial charge >= 0.3 is 6.18 Å². The highest BCUT2D eigenvalue weighted by molar-refractivity contribution is 9.10. The lowest BCUT2D eigenvalue weighted by atomic mass is 10.0. The second-order valence-electron chi connectivity index (χ2n) is 4.42. The van der Waals surface area contributed by atoms with Crippen molar-refractivity contribution < 1.29 is 18.3 Å². The van der Waals surface area contributed by atoms with Crippen LogP contribution in [0.1, 0.15) is 5.56 Å². The van der Waals surface area contributed by atoms with Gasteiger partial charge in [0.15, 0.2) is 5.17 Å². The zero-order valence-electron chi connectivity index (χ0n) is 11.1. The number of hydrogen-bond acceptors (Lipinski definition) is 4. The summed E-state index contributed by atoms with van der Waals surface area (Å²) in [4.78, 5) is 4.90. The van der Waals surface area contributed by atoms with E-state index in [2.05, 4.69) is 20.9 Å². The molecule has 0 radical (unpaired) electrons. The van der Waals surface area contributed by atoms with Crippen LogP contribution in [-0.2, 0) is 0 Å². The van der Waals surface area contributed by atoms with Crippen LogP contribution in [0.25, 0.3) is 5.70 Å². The first kappa shape index (κ1) is 16.4. The molecule has 1 unspecified atom stereocenters. The molecule has 1 aliphatic heterocycles. The number of halogens is 4. The van der Waals surface area contributed by atoms with Gasteiger partial charge in [0, 0.05) is 23.2 Å². The van der Waals surface area contributed by atoms with Crippen molar-refractivity contribution in [2.24, 2.45) is 4.99 Å². The maximum absolute atomic E-state index is 13.2. The lowest BCUT2D eigenvalue weighted by Gasteiger charge is -2.40. The fourth-order valence-electron chi connectivity index (χ4n) is 1.87. The Hall–Kier alpha value is -0.990. The third kappa shape index (κ3) is 2.97. The number of hydrogen-bond donors (Lipinski definition) is 1. The summed E-state index contributed by atoms with van der Waals surface area (Å²) in [5.41, 5.74) is -2.49. The normalized spacial score (nSPS) is 22.9. The Morgan fingerprint density at radius 3 is 2.33 bits per heavy atom. The standard InChI is InChI=1S/C13H12BrF3N2OS/c1-19-11(21-2)18-10(7-12(19,20)13(15,16)17)8-3-5-9(14)6-4-8/h3-7,20H,1-2H3. The average molecular weight is 381 g/mol. The van der Waals surface area contributed by atoms with Crippen LogP contribution in [0.5, 0.6) is 0 Å². The number of likely N-dealkylation sites (N-methyl/N-ethyl adjacent to an activating group) is 1. The molecule has 1 atom stereocenters. The Morgan fingerprint density at radius 1 is 1.29 bits per heavy atom. The molecule has 0 bridgehead atoms. The van der Waals surface area contributed by atoms with Gasteiger partial charge in [-0.05, 0) is 18.4 Å². The molecule has 1 aromatic carbocycles. The average Bonchev–Trinajstić information content (AvgIpc) is 2.41. The molecule has 0 aliphatic carbocycles. The van der Waals surface area contributed by atoms with E-state index in [-0.39, 0.29) is 10.9 Å². The minimum Gasteiger partial charge on any atom is -0.360 e. The molecular formula is C13H12BrF3N2OS. The van der Waals surface area contributed by atoms with E-state index >= 15 is 0 Å². The fraction of sp³-hybridized carbons (Fsp3) is 0.308. The summed E-state index contributed by atoms with van der Waals surface area (Å²) in [6.07, 6.45) is -2.49. The van der Waals surface area contributed by atoms with E-state index in [1.165, 1.54) is 0 Å². The molecular weight excluding hydrogens is 369 g/mol. The summed E-state index contributed by atoms with van der Waals surface area (Å²) in [5, 5.41) is 10.2. The molecule has 0 saturated carbocycles. The molecule has 2 rings (SSSR count). The quantitative estimate of drug-likeness (QED) is 0.806. The van der Waals surface area contributed by atoms with E-state index < -0.39 is 11.9 Å². The predicted molar refractivity (Wildman–Crippen MR) is 81.8 cm³/mol. The van der Waals surface area contributed by atoms with Crippen LogP contribution in [0.4, 0.5) is 13.2 Å². The molecule has 1 aromatic rings. The van der Waals surface area contributed by atoms with Crippen molar-refractivity contribution in [2.45, 2.75) is 11.9 Å². The summed E-state index contributed by atoms with van der Waals surface area (Å²) < 4.78 is 40.5. The molecule has 1 heterocycles. The number of benzene rings is 1. The van der Waals surface area contributed by atoms with Gasteiger partial charge in [0.05, 0.1) is 5.70 Å². The van der Waals surface area contributed by atoms with Crippen molar-refractivity contribution in [3.05, 3.63) is 40.4 Å². The van der Waals surface area contributed by atoms with Crippen molar-refractivity contribution in [3.8, 4) is 0 Å². The fourth-order valence-corrected chi connectivity index (χ4v) is 2.73. The van der Waals surface area contributed by atoms with E-state index in [1.807, 2.05) is 0 Å². The van der Waals surface area contributed by atoms with E-state index in [4.69, 9.17) is 0 Å². The topological polar surface area (TPSA) is 35.8 Å². The number of aliphatic imine (C=N–C) groups is 1. The lowest BCUT2D eigenvalue weighted by molar-refractivity contribution is -0.275.